The number of hydrogen-bond acceptors (Lipinski definition) is 3. The van der Waals surface area contributed by atoms with Gasteiger partial charge in [0.25, 0.3) is 5.91 Å². The maximum atomic E-state index is 12.2. The van der Waals surface area contributed by atoms with Crippen molar-refractivity contribution in [3.8, 4) is 11.1 Å². The third-order valence-corrected chi connectivity index (χ3v) is 4.05. The number of primary amides is 1. The second kappa shape index (κ2) is 8.07. The highest BCUT2D eigenvalue weighted by molar-refractivity contribution is 5.95. The number of amides is 2. The zero-order chi connectivity index (χ0) is 18.4. The highest BCUT2D eigenvalue weighted by Crippen LogP contribution is 2.19. The fourth-order valence-corrected chi connectivity index (χ4v) is 2.65. The van der Waals surface area contributed by atoms with Gasteiger partial charge in [-0.1, -0.05) is 60.7 Å². The van der Waals surface area contributed by atoms with Crippen molar-refractivity contribution in [1.29, 1.82) is 0 Å². The molecule has 1 heterocycles. The molecule has 26 heavy (non-hydrogen) atoms. The molecular weight excluding hydrogens is 326 g/mol. The summed E-state index contributed by atoms with van der Waals surface area (Å²) in [6.45, 7) is 0. The van der Waals surface area contributed by atoms with Gasteiger partial charge in [-0.25, -0.2) is 0 Å². The molecule has 0 aliphatic heterocycles. The predicted molar refractivity (Wildman–Crippen MR) is 100 cm³/mol. The average molecular weight is 345 g/mol. The molecule has 0 aliphatic carbocycles. The number of nitrogens with zero attached hydrogens (tertiary/aromatic N) is 1. The summed E-state index contributed by atoms with van der Waals surface area (Å²) >= 11 is 0. The topological polar surface area (TPSA) is 85.1 Å². The van der Waals surface area contributed by atoms with Crippen LogP contribution in [0.5, 0.6) is 0 Å². The van der Waals surface area contributed by atoms with Crippen LogP contribution in [0.25, 0.3) is 11.1 Å². The zero-order valence-corrected chi connectivity index (χ0v) is 14.1. The van der Waals surface area contributed by atoms with Crippen molar-refractivity contribution >= 4 is 11.8 Å². The average Bonchev–Trinajstić information content (AvgIpc) is 2.69. The van der Waals surface area contributed by atoms with Crippen molar-refractivity contribution in [1.82, 2.24) is 10.3 Å². The van der Waals surface area contributed by atoms with Crippen LogP contribution in [0.2, 0.25) is 0 Å². The first kappa shape index (κ1) is 17.4. The van der Waals surface area contributed by atoms with Crippen molar-refractivity contribution in [3.05, 3.63) is 90.3 Å². The van der Waals surface area contributed by atoms with E-state index in [2.05, 4.69) is 10.3 Å². The zero-order valence-electron chi connectivity index (χ0n) is 14.1. The third-order valence-electron chi connectivity index (χ3n) is 4.05. The number of rotatable bonds is 6. The molecule has 3 aromatic rings. The van der Waals surface area contributed by atoms with Crippen molar-refractivity contribution in [2.75, 3.05) is 0 Å². The Bertz CT molecular complexity index is 878. The van der Waals surface area contributed by atoms with Gasteiger partial charge in [0.1, 0.15) is 11.7 Å². The van der Waals surface area contributed by atoms with Gasteiger partial charge in [-0.3, -0.25) is 14.6 Å². The van der Waals surface area contributed by atoms with Crippen LogP contribution < -0.4 is 11.1 Å². The molecule has 130 valence electrons. The first-order chi connectivity index (χ1) is 12.6. The monoisotopic (exact) mass is 345 g/mol. The van der Waals surface area contributed by atoms with Gasteiger partial charge in [-0.2, -0.15) is 0 Å². The number of carbonyl (C=O) groups is 2. The van der Waals surface area contributed by atoms with Gasteiger partial charge in [0, 0.05) is 12.6 Å². The normalized spacial score (nSPS) is 11.5. The summed E-state index contributed by atoms with van der Waals surface area (Å²) < 4.78 is 0. The van der Waals surface area contributed by atoms with Gasteiger partial charge in [0.05, 0.1) is 0 Å². The van der Waals surface area contributed by atoms with Gasteiger partial charge in [-0.15, -0.1) is 0 Å². The smallest absolute Gasteiger partial charge is 0.270 e. The van der Waals surface area contributed by atoms with Gasteiger partial charge in [0.15, 0.2) is 0 Å². The molecule has 5 heteroatoms. The minimum absolute atomic E-state index is 0.248. The molecule has 2 amide bonds. The molecule has 0 unspecified atom stereocenters. The Kier molecular flexibility index (Phi) is 5.39. The Morgan fingerprint density at radius 2 is 1.54 bits per heavy atom. The molecule has 5 nitrogen and oxygen atoms in total. The maximum absolute atomic E-state index is 12.2. The minimum atomic E-state index is -0.799. The Morgan fingerprint density at radius 1 is 0.885 bits per heavy atom. The van der Waals surface area contributed by atoms with Gasteiger partial charge < -0.3 is 11.1 Å². The molecule has 1 atom stereocenters. The van der Waals surface area contributed by atoms with Crippen LogP contribution in [0, 0.1) is 0 Å². The lowest BCUT2D eigenvalue weighted by molar-refractivity contribution is -0.119. The number of hydrogen-bond donors (Lipinski definition) is 2. The molecular formula is C21H19N3O2. The van der Waals surface area contributed by atoms with E-state index in [0.717, 1.165) is 16.7 Å². The van der Waals surface area contributed by atoms with Crippen LogP contribution in [-0.2, 0) is 11.2 Å². The minimum Gasteiger partial charge on any atom is -0.368 e. The molecule has 0 saturated heterocycles. The van der Waals surface area contributed by atoms with Crippen LogP contribution in [0.3, 0.4) is 0 Å². The summed E-state index contributed by atoms with van der Waals surface area (Å²) in [4.78, 5) is 27.9. The van der Waals surface area contributed by atoms with Crippen molar-refractivity contribution in [2.24, 2.45) is 5.73 Å². The summed E-state index contributed by atoms with van der Waals surface area (Å²) in [6, 6.07) is 22.1. The van der Waals surface area contributed by atoms with Crippen LogP contribution in [-0.4, -0.2) is 22.8 Å². The number of benzene rings is 2. The SMILES string of the molecule is NC(=O)[C@H](Cc1ccc(-c2ccccc2)cc1)NC(=O)c1ccccn1. The number of carbonyl (C=O) groups excluding carboxylic acids is 2. The van der Waals surface area contributed by atoms with E-state index in [4.69, 9.17) is 5.73 Å². The van der Waals surface area contributed by atoms with Crippen molar-refractivity contribution in [2.45, 2.75) is 12.5 Å². The van der Waals surface area contributed by atoms with E-state index in [-0.39, 0.29) is 5.69 Å². The van der Waals surface area contributed by atoms with Gasteiger partial charge >= 0.3 is 0 Å². The standard InChI is InChI=1S/C21H19N3O2/c22-20(25)19(24-21(26)18-8-4-5-13-23-18)14-15-9-11-17(12-10-15)16-6-2-1-3-7-16/h1-13,19H,14H2,(H2,22,25)(H,24,26)/t19-/m0/s1. The largest absolute Gasteiger partial charge is 0.368 e. The second-order valence-electron chi connectivity index (χ2n) is 5.91. The highest BCUT2D eigenvalue weighted by atomic mass is 16.2. The summed E-state index contributed by atoms with van der Waals surface area (Å²) in [7, 11) is 0. The van der Waals surface area contributed by atoms with Crippen LogP contribution in [0.4, 0.5) is 0 Å². The van der Waals surface area contributed by atoms with Crippen LogP contribution in [0.1, 0.15) is 16.1 Å². The van der Waals surface area contributed by atoms with Crippen LogP contribution in [0.15, 0.2) is 79.0 Å². The van der Waals surface area contributed by atoms with Crippen molar-refractivity contribution in [3.63, 3.8) is 0 Å². The number of nitrogens with one attached hydrogen (secondary N) is 1. The lowest BCUT2D eigenvalue weighted by atomic mass is 10.0. The predicted octanol–water partition coefficient (Wildman–Crippen LogP) is 2.58. The van der Waals surface area contributed by atoms with E-state index < -0.39 is 17.9 Å². The van der Waals surface area contributed by atoms with E-state index in [1.165, 1.54) is 6.20 Å². The lowest BCUT2D eigenvalue weighted by Crippen LogP contribution is -2.46. The fraction of sp³-hybridized carbons (Fsp3) is 0.0952. The molecule has 3 rings (SSSR count). The van der Waals surface area contributed by atoms with Gasteiger partial charge in [0.2, 0.25) is 5.91 Å². The highest BCUT2D eigenvalue weighted by Gasteiger charge is 2.20. The summed E-state index contributed by atoms with van der Waals surface area (Å²) in [6.07, 6.45) is 1.85. The lowest BCUT2D eigenvalue weighted by Gasteiger charge is -2.15. The quantitative estimate of drug-likeness (QED) is 0.720. The summed E-state index contributed by atoms with van der Waals surface area (Å²) in [5.74, 6) is -1.00. The Balaban J connectivity index is 1.70. The fourth-order valence-electron chi connectivity index (χ4n) is 2.65. The molecule has 3 N–H and O–H groups in total. The molecule has 0 fully saturated rings. The van der Waals surface area contributed by atoms with E-state index in [1.54, 1.807) is 18.2 Å². The van der Waals surface area contributed by atoms with E-state index >= 15 is 0 Å². The van der Waals surface area contributed by atoms with Gasteiger partial charge in [-0.05, 0) is 28.8 Å². The van der Waals surface area contributed by atoms with Crippen molar-refractivity contribution < 1.29 is 9.59 Å². The number of pyridine rings is 1. The summed E-state index contributed by atoms with van der Waals surface area (Å²) in [5.41, 5.74) is 8.82. The van der Waals surface area contributed by atoms with E-state index in [1.807, 2.05) is 54.6 Å². The molecule has 0 spiro atoms. The first-order valence-corrected chi connectivity index (χ1v) is 8.29. The molecule has 1 aromatic heterocycles. The number of nitrogens with two attached hydrogens (primary N) is 1. The molecule has 2 aromatic carbocycles. The molecule has 0 bridgehead atoms. The molecule has 0 aliphatic rings. The van der Waals surface area contributed by atoms with Crippen LogP contribution >= 0.6 is 0 Å². The Morgan fingerprint density at radius 3 is 2.15 bits per heavy atom. The first-order valence-electron chi connectivity index (χ1n) is 8.29. The molecule has 0 saturated carbocycles. The number of aromatic nitrogens is 1. The second-order valence-corrected chi connectivity index (χ2v) is 5.91. The third kappa shape index (κ3) is 4.33. The molecule has 0 radical (unpaired) electrons. The maximum Gasteiger partial charge on any atom is 0.270 e. The Hall–Kier alpha value is -3.47. The Labute approximate surface area is 151 Å². The van der Waals surface area contributed by atoms with E-state index in [0.29, 0.717) is 6.42 Å². The summed E-state index contributed by atoms with van der Waals surface area (Å²) in [5, 5.41) is 2.65. The van der Waals surface area contributed by atoms with E-state index in [9.17, 15) is 9.59 Å².